The molecule has 0 bridgehead atoms. The molecule has 2 aromatic rings. The van der Waals surface area contributed by atoms with E-state index in [4.69, 9.17) is 13.8 Å². The number of ether oxygens (including phenoxy) is 1. The van der Waals surface area contributed by atoms with Gasteiger partial charge in [0.25, 0.3) is 0 Å². The molecular weight excluding hydrogens is 346 g/mol. The molecule has 0 saturated heterocycles. The van der Waals surface area contributed by atoms with Gasteiger partial charge in [0.15, 0.2) is 0 Å². The fourth-order valence-electron chi connectivity index (χ4n) is 2.47. The van der Waals surface area contributed by atoms with Crippen molar-refractivity contribution in [2.24, 2.45) is 0 Å². The Bertz CT molecular complexity index is 782. The van der Waals surface area contributed by atoms with E-state index in [1.54, 1.807) is 57.2 Å². The summed E-state index contributed by atoms with van der Waals surface area (Å²) in [4.78, 5) is 11.9. The zero-order chi connectivity index (χ0) is 18.4. The Balaban J connectivity index is 2.41. The fraction of sp³-hybridized carbons (Fsp3) is 0.389. The van der Waals surface area contributed by atoms with Crippen LogP contribution in [0.4, 0.5) is 4.39 Å². The number of rotatable bonds is 8. The lowest BCUT2D eigenvalue weighted by molar-refractivity contribution is 0.0526. The molecule has 136 valence electrons. The minimum Gasteiger partial charge on any atom is -0.462 e. The lowest BCUT2D eigenvalue weighted by Gasteiger charge is -2.21. The molecule has 1 atom stereocenters. The van der Waals surface area contributed by atoms with Gasteiger partial charge in [0.05, 0.1) is 25.4 Å². The van der Waals surface area contributed by atoms with Crippen LogP contribution >= 0.6 is 7.60 Å². The maximum absolute atomic E-state index is 14.9. The third kappa shape index (κ3) is 4.46. The van der Waals surface area contributed by atoms with Crippen molar-refractivity contribution in [3.63, 3.8) is 0 Å². The van der Waals surface area contributed by atoms with Gasteiger partial charge in [-0.3, -0.25) is 4.57 Å². The summed E-state index contributed by atoms with van der Waals surface area (Å²) in [5.74, 6) is -2.34. The predicted molar refractivity (Wildman–Crippen MR) is 94.6 cm³/mol. The Morgan fingerprint density at radius 1 is 1.00 bits per heavy atom. The quantitative estimate of drug-likeness (QED) is 0.470. The maximum Gasteiger partial charge on any atom is 0.369 e. The topological polar surface area (TPSA) is 61.8 Å². The molecule has 0 aliphatic carbocycles. The molecule has 0 spiro atoms. The zero-order valence-electron chi connectivity index (χ0n) is 14.5. The van der Waals surface area contributed by atoms with E-state index in [-0.39, 0.29) is 25.4 Å². The van der Waals surface area contributed by atoms with Gasteiger partial charge in [-0.15, -0.1) is 0 Å². The average molecular weight is 368 g/mol. The van der Waals surface area contributed by atoms with E-state index in [1.807, 2.05) is 0 Å². The van der Waals surface area contributed by atoms with E-state index >= 15 is 0 Å². The van der Waals surface area contributed by atoms with E-state index < -0.39 is 19.5 Å². The minimum atomic E-state index is -3.91. The molecule has 0 amide bonds. The van der Waals surface area contributed by atoms with Crippen LogP contribution in [0.25, 0.3) is 10.8 Å². The zero-order valence-corrected chi connectivity index (χ0v) is 15.4. The highest BCUT2D eigenvalue weighted by atomic mass is 31.2. The van der Waals surface area contributed by atoms with Crippen molar-refractivity contribution < 1.29 is 27.5 Å². The number of alkyl halides is 1. The van der Waals surface area contributed by atoms with Gasteiger partial charge in [0.2, 0.25) is 5.91 Å². The van der Waals surface area contributed by atoms with Gasteiger partial charge in [-0.25, -0.2) is 9.18 Å². The number of carbonyl (C=O) groups excluding carboxylic acids is 1. The van der Waals surface area contributed by atoms with Gasteiger partial charge in [-0.1, -0.05) is 18.2 Å². The summed E-state index contributed by atoms with van der Waals surface area (Å²) in [5, 5.41) is 1.47. The molecule has 0 aromatic heterocycles. The molecule has 0 radical (unpaired) electrons. The lowest BCUT2D eigenvalue weighted by atomic mass is 10.0. The van der Waals surface area contributed by atoms with Gasteiger partial charge in [0.1, 0.15) is 0 Å². The maximum atomic E-state index is 14.9. The van der Waals surface area contributed by atoms with Crippen LogP contribution in [0.2, 0.25) is 0 Å². The lowest BCUT2D eigenvalue weighted by Crippen LogP contribution is -2.04. The normalized spacial score (nSPS) is 13.0. The molecule has 2 rings (SSSR count). The Morgan fingerprint density at radius 2 is 1.64 bits per heavy atom. The largest absolute Gasteiger partial charge is 0.462 e. The van der Waals surface area contributed by atoms with Crippen LogP contribution in [0.15, 0.2) is 36.4 Å². The number of carbonyl (C=O) groups is 1. The number of hydrogen-bond acceptors (Lipinski definition) is 5. The summed E-state index contributed by atoms with van der Waals surface area (Å²) >= 11 is 0. The second-order valence-corrected chi connectivity index (χ2v) is 7.30. The Labute approximate surface area is 146 Å². The Kier molecular flexibility index (Phi) is 6.71. The first kappa shape index (κ1) is 19.6. The van der Waals surface area contributed by atoms with E-state index in [9.17, 15) is 13.8 Å². The summed E-state index contributed by atoms with van der Waals surface area (Å²) in [6, 6.07) is 9.82. The Morgan fingerprint density at radius 3 is 2.24 bits per heavy atom. The van der Waals surface area contributed by atoms with Crippen LogP contribution in [0.5, 0.6) is 0 Å². The molecule has 0 fully saturated rings. The molecule has 1 unspecified atom stereocenters. The fourth-order valence-corrected chi connectivity index (χ4v) is 4.05. The van der Waals surface area contributed by atoms with Crippen molar-refractivity contribution in [1.82, 2.24) is 0 Å². The average Bonchev–Trinajstić information content (AvgIpc) is 2.60. The molecule has 7 heteroatoms. The highest BCUT2D eigenvalue weighted by Gasteiger charge is 2.37. The van der Waals surface area contributed by atoms with Crippen LogP contribution in [0.1, 0.15) is 42.6 Å². The van der Waals surface area contributed by atoms with Crippen LogP contribution in [0.3, 0.4) is 0 Å². The molecule has 0 aliphatic rings. The first-order chi connectivity index (χ1) is 11.9. The third-order valence-corrected chi connectivity index (χ3v) is 5.64. The number of halogens is 1. The van der Waals surface area contributed by atoms with E-state index in [0.717, 1.165) is 5.39 Å². The standard InChI is InChI=1S/C18H22FO5P/c1-4-22-18(20)15-10-8-13-7-9-14(11-16(13)12-15)17(19)25(21,23-5-2)24-6-3/h7-12,17H,4-6H2,1-3H3. The second kappa shape index (κ2) is 8.56. The molecular formula is C18H22FO5P. The third-order valence-electron chi connectivity index (χ3n) is 3.55. The van der Waals surface area contributed by atoms with Crippen LogP contribution in [-0.4, -0.2) is 25.8 Å². The van der Waals surface area contributed by atoms with Gasteiger partial charge >= 0.3 is 13.6 Å². The van der Waals surface area contributed by atoms with Crippen molar-refractivity contribution in [3.8, 4) is 0 Å². The molecule has 0 saturated carbocycles. The van der Waals surface area contributed by atoms with Crippen LogP contribution in [-0.2, 0) is 18.3 Å². The molecule has 2 aromatic carbocycles. The smallest absolute Gasteiger partial charge is 0.369 e. The first-order valence-electron chi connectivity index (χ1n) is 8.18. The van der Waals surface area contributed by atoms with Gasteiger partial charge in [0, 0.05) is 0 Å². The second-order valence-electron chi connectivity index (χ2n) is 5.25. The van der Waals surface area contributed by atoms with Gasteiger partial charge in [-0.05, 0) is 55.3 Å². The van der Waals surface area contributed by atoms with Gasteiger partial charge < -0.3 is 13.8 Å². The molecule has 0 heterocycles. The van der Waals surface area contributed by atoms with E-state index in [2.05, 4.69) is 0 Å². The van der Waals surface area contributed by atoms with Crippen LogP contribution < -0.4 is 0 Å². The van der Waals surface area contributed by atoms with Crippen LogP contribution in [0, 0.1) is 0 Å². The number of hydrogen-bond donors (Lipinski definition) is 0. The molecule has 0 N–H and O–H groups in total. The predicted octanol–water partition coefficient (Wildman–Crippen LogP) is 5.25. The van der Waals surface area contributed by atoms with Gasteiger partial charge in [-0.2, -0.15) is 0 Å². The van der Waals surface area contributed by atoms with Crippen molar-refractivity contribution in [2.75, 3.05) is 19.8 Å². The summed E-state index contributed by atoms with van der Waals surface area (Å²) in [7, 11) is -3.91. The highest BCUT2D eigenvalue weighted by molar-refractivity contribution is 7.54. The number of benzene rings is 2. The van der Waals surface area contributed by atoms with Crippen molar-refractivity contribution in [3.05, 3.63) is 47.5 Å². The van der Waals surface area contributed by atoms with Crippen molar-refractivity contribution in [2.45, 2.75) is 26.7 Å². The summed E-state index contributed by atoms with van der Waals surface area (Å²) in [6.07, 6.45) is 0. The van der Waals surface area contributed by atoms with E-state index in [0.29, 0.717) is 10.9 Å². The SMILES string of the molecule is CCOC(=O)c1ccc2ccc(C(F)P(=O)(OCC)OCC)cc2c1. The number of esters is 1. The molecule has 0 aliphatic heterocycles. The molecule has 25 heavy (non-hydrogen) atoms. The number of fused-ring (bicyclic) bond motifs is 1. The van der Waals surface area contributed by atoms with Crippen molar-refractivity contribution in [1.29, 1.82) is 0 Å². The summed E-state index contributed by atoms with van der Waals surface area (Å²) < 4.78 is 42.6. The Hall–Kier alpha value is -1.75. The summed E-state index contributed by atoms with van der Waals surface area (Å²) in [6.45, 7) is 5.42. The first-order valence-corrected chi connectivity index (χ1v) is 9.80. The van der Waals surface area contributed by atoms with E-state index in [1.165, 1.54) is 0 Å². The highest BCUT2D eigenvalue weighted by Crippen LogP contribution is 2.61. The monoisotopic (exact) mass is 368 g/mol. The molecule has 5 nitrogen and oxygen atoms in total. The minimum absolute atomic E-state index is 0.0816. The summed E-state index contributed by atoms with van der Waals surface area (Å²) in [5.41, 5.74) is 0.554. The van der Waals surface area contributed by atoms with Crippen molar-refractivity contribution >= 4 is 24.3 Å².